The molecule has 2 aliphatic heterocycles. The Balaban J connectivity index is 0.000000345. The topological polar surface area (TPSA) is 79.7 Å². The Bertz CT molecular complexity index is 667. The summed E-state index contributed by atoms with van der Waals surface area (Å²) in [6, 6.07) is 3.98. The number of amides is 1. The van der Waals surface area contributed by atoms with Crippen LogP contribution in [0.5, 0.6) is 0 Å². The minimum absolute atomic E-state index is 0.267. The predicted octanol–water partition coefficient (Wildman–Crippen LogP) is 3.12. The van der Waals surface area contributed by atoms with Crippen LogP contribution in [0.4, 0.5) is 13.2 Å². The molecule has 0 aliphatic carbocycles. The molecule has 1 spiro atoms. The van der Waals surface area contributed by atoms with Gasteiger partial charge in [-0.3, -0.25) is 9.78 Å². The standard InChI is InChI=1S/C16H22N2O2S.C2HF3O2/c1-2-4-15(19)18-11-16(12-18)7-14(10-21-16)20-9-13-5-3-6-17-8-13;3-2(4,5)1(6)7/h3,5-6,8,14H,2,4,7,9-12H2,1H3;(H,6,7). The van der Waals surface area contributed by atoms with E-state index in [0.717, 1.165) is 37.2 Å². The first-order chi connectivity index (χ1) is 13.1. The largest absolute Gasteiger partial charge is 0.490 e. The summed E-state index contributed by atoms with van der Waals surface area (Å²) in [4.78, 5) is 26.8. The zero-order chi connectivity index (χ0) is 20.8. The molecule has 1 unspecified atom stereocenters. The molecule has 6 nitrogen and oxygen atoms in total. The van der Waals surface area contributed by atoms with Gasteiger partial charge in [0.05, 0.1) is 17.5 Å². The third kappa shape index (κ3) is 6.37. The fourth-order valence-corrected chi connectivity index (χ4v) is 4.58. The van der Waals surface area contributed by atoms with Crippen LogP contribution in [0.15, 0.2) is 24.5 Å². The summed E-state index contributed by atoms with van der Waals surface area (Å²) in [5, 5.41) is 7.12. The van der Waals surface area contributed by atoms with Crippen molar-refractivity contribution in [2.45, 2.75) is 49.8 Å². The molecule has 3 rings (SSSR count). The number of aliphatic carboxylic acids is 1. The van der Waals surface area contributed by atoms with Gasteiger partial charge >= 0.3 is 12.1 Å². The maximum atomic E-state index is 11.8. The number of pyridine rings is 1. The molecular weight excluding hydrogens is 397 g/mol. The summed E-state index contributed by atoms with van der Waals surface area (Å²) < 4.78 is 38.0. The molecule has 0 saturated carbocycles. The van der Waals surface area contributed by atoms with Gasteiger partial charge in [0.25, 0.3) is 0 Å². The summed E-state index contributed by atoms with van der Waals surface area (Å²) in [6.45, 7) is 4.50. The van der Waals surface area contributed by atoms with Crippen molar-refractivity contribution in [1.82, 2.24) is 9.88 Å². The number of ether oxygens (including phenoxy) is 1. The lowest BCUT2D eigenvalue weighted by atomic mass is 9.92. The lowest BCUT2D eigenvalue weighted by Gasteiger charge is -2.47. The normalized spacial score (nSPS) is 20.3. The SMILES string of the molecule is CCCC(=O)N1CC2(CC(OCc3cccnc3)CS2)C1.O=C(O)C(F)(F)F. The number of alkyl halides is 3. The second-order valence-corrected chi connectivity index (χ2v) is 8.28. The highest BCUT2D eigenvalue weighted by Gasteiger charge is 2.50. The van der Waals surface area contributed by atoms with Crippen molar-refractivity contribution in [1.29, 1.82) is 0 Å². The number of carbonyl (C=O) groups is 2. The Morgan fingerprint density at radius 3 is 2.64 bits per heavy atom. The monoisotopic (exact) mass is 420 g/mol. The van der Waals surface area contributed by atoms with Gasteiger partial charge in [-0.05, 0) is 24.5 Å². The van der Waals surface area contributed by atoms with Crippen molar-refractivity contribution in [2.24, 2.45) is 0 Å². The fourth-order valence-electron chi connectivity index (χ4n) is 3.03. The van der Waals surface area contributed by atoms with E-state index in [1.807, 2.05) is 35.0 Å². The van der Waals surface area contributed by atoms with Crippen molar-refractivity contribution in [3.05, 3.63) is 30.1 Å². The fraction of sp³-hybridized carbons (Fsp3) is 0.611. The van der Waals surface area contributed by atoms with Crippen LogP contribution >= 0.6 is 11.8 Å². The lowest BCUT2D eigenvalue weighted by Crippen LogP contribution is -2.60. The minimum atomic E-state index is -5.08. The molecule has 0 radical (unpaired) electrons. The molecule has 1 N–H and O–H groups in total. The number of nitrogens with zero attached hydrogens (tertiary/aromatic N) is 2. The Hall–Kier alpha value is -1.81. The predicted molar refractivity (Wildman–Crippen MR) is 97.8 cm³/mol. The average molecular weight is 420 g/mol. The highest BCUT2D eigenvalue weighted by molar-refractivity contribution is 8.01. The molecule has 1 atom stereocenters. The first-order valence-electron chi connectivity index (χ1n) is 8.87. The molecule has 3 heterocycles. The van der Waals surface area contributed by atoms with E-state index in [2.05, 4.69) is 11.9 Å². The van der Waals surface area contributed by atoms with Crippen LogP contribution in [0.2, 0.25) is 0 Å². The molecule has 0 aromatic carbocycles. The summed E-state index contributed by atoms with van der Waals surface area (Å²) in [6.07, 6.45) is 1.53. The zero-order valence-corrected chi connectivity index (χ0v) is 16.3. The number of carboxylic acids is 1. The maximum Gasteiger partial charge on any atom is 0.490 e. The molecule has 0 bridgehead atoms. The summed E-state index contributed by atoms with van der Waals surface area (Å²) in [7, 11) is 0. The summed E-state index contributed by atoms with van der Waals surface area (Å²) in [5.41, 5.74) is 1.12. The number of carboxylic acid groups (broad SMARTS) is 1. The maximum absolute atomic E-state index is 11.8. The Kier molecular flexibility index (Phi) is 7.70. The quantitative estimate of drug-likeness (QED) is 0.789. The Labute approximate surface area is 165 Å². The van der Waals surface area contributed by atoms with Gasteiger partial charge in [-0.25, -0.2) is 4.79 Å². The molecule has 156 valence electrons. The van der Waals surface area contributed by atoms with Gasteiger partial charge in [0.15, 0.2) is 0 Å². The number of rotatable bonds is 5. The molecule has 2 aliphatic rings. The number of thioether (sulfide) groups is 1. The van der Waals surface area contributed by atoms with Gasteiger partial charge in [0.2, 0.25) is 5.91 Å². The van der Waals surface area contributed by atoms with E-state index in [1.165, 1.54) is 0 Å². The first kappa shape index (κ1) is 22.5. The Morgan fingerprint density at radius 1 is 1.43 bits per heavy atom. The van der Waals surface area contributed by atoms with E-state index in [1.54, 1.807) is 6.20 Å². The average Bonchev–Trinajstić information content (AvgIpc) is 3.04. The molecule has 1 aromatic rings. The van der Waals surface area contributed by atoms with Gasteiger partial charge in [-0.15, -0.1) is 11.8 Å². The molecule has 1 aromatic heterocycles. The van der Waals surface area contributed by atoms with E-state index >= 15 is 0 Å². The molecular formula is C18H23F3N2O4S. The molecule has 2 fully saturated rings. The van der Waals surface area contributed by atoms with Gasteiger partial charge in [0.1, 0.15) is 0 Å². The highest BCUT2D eigenvalue weighted by Crippen LogP contribution is 2.46. The third-order valence-electron chi connectivity index (χ3n) is 4.40. The second-order valence-electron chi connectivity index (χ2n) is 6.80. The number of hydrogen-bond acceptors (Lipinski definition) is 5. The van der Waals surface area contributed by atoms with Gasteiger partial charge in [0, 0.05) is 37.7 Å². The summed E-state index contributed by atoms with van der Waals surface area (Å²) >= 11 is 1.98. The van der Waals surface area contributed by atoms with Gasteiger partial charge in [-0.1, -0.05) is 13.0 Å². The number of aromatic nitrogens is 1. The smallest absolute Gasteiger partial charge is 0.475 e. The Morgan fingerprint density at radius 2 is 2.11 bits per heavy atom. The van der Waals surface area contributed by atoms with Crippen molar-refractivity contribution < 1.29 is 32.6 Å². The zero-order valence-electron chi connectivity index (χ0n) is 15.4. The number of likely N-dealkylation sites (tertiary alicyclic amines) is 1. The van der Waals surface area contributed by atoms with Crippen LogP contribution in [-0.2, 0) is 20.9 Å². The lowest BCUT2D eigenvalue weighted by molar-refractivity contribution is -0.192. The van der Waals surface area contributed by atoms with E-state index in [0.29, 0.717) is 25.0 Å². The number of halogens is 3. The molecule has 28 heavy (non-hydrogen) atoms. The van der Waals surface area contributed by atoms with Crippen LogP contribution in [-0.4, -0.2) is 62.7 Å². The second kappa shape index (κ2) is 9.60. The van der Waals surface area contributed by atoms with Crippen LogP contribution < -0.4 is 0 Å². The van der Waals surface area contributed by atoms with E-state index < -0.39 is 12.1 Å². The van der Waals surface area contributed by atoms with E-state index in [4.69, 9.17) is 14.6 Å². The minimum Gasteiger partial charge on any atom is -0.475 e. The van der Waals surface area contributed by atoms with Crippen LogP contribution in [0.25, 0.3) is 0 Å². The van der Waals surface area contributed by atoms with Crippen molar-refractivity contribution >= 4 is 23.6 Å². The third-order valence-corrected chi connectivity index (χ3v) is 5.98. The summed E-state index contributed by atoms with van der Waals surface area (Å²) in [5.74, 6) is -1.41. The van der Waals surface area contributed by atoms with Crippen LogP contribution in [0.3, 0.4) is 0 Å². The molecule has 1 amide bonds. The highest BCUT2D eigenvalue weighted by atomic mass is 32.2. The first-order valence-corrected chi connectivity index (χ1v) is 9.86. The van der Waals surface area contributed by atoms with Gasteiger partial charge in [-0.2, -0.15) is 13.2 Å². The van der Waals surface area contributed by atoms with Crippen LogP contribution in [0.1, 0.15) is 31.7 Å². The molecule has 2 saturated heterocycles. The molecule has 10 heteroatoms. The van der Waals surface area contributed by atoms with Gasteiger partial charge < -0.3 is 14.7 Å². The van der Waals surface area contributed by atoms with Crippen molar-refractivity contribution in [3.8, 4) is 0 Å². The number of hydrogen-bond donors (Lipinski definition) is 1. The van der Waals surface area contributed by atoms with E-state index in [9.17, 15) is 18.0 Å². The van der Waals surface area contributed by atoms with Crippen molar-refractivity contribution in [2.75, 3.05) is 18.8 Å². The van der Waals surface area contributed by atoms with Crippen LogP contribution in [0, 0.1) is 0 Å². The number of carbonyl (C=O) groups excluding carboxylic acids is 1. The van der Waals surface area contributed by atoms with E-state index in [-0.39, 0.29) is 4.75 Å². The van der Waals surface area contributed by atoms with Crippen molar-refractivity contribution in [3.63, 3.8) is 0 Å².